The molecule has 82 valence electrons. The van der Waals surface area contributed by atoms with Gasteiger partial charge in [0.05, 0.1) is 16.7 Å². The largest absolute Gasteiger partial charge is 0.490 e. The predicted octanol–water partition coefficient (Wildman–Crippen LogP) is 3.24. The smallest absolute Gasteiger partial charge is 0.303 e. The van der Waals surface area contributed by atoms with Crippen LogP contribution in [0.5, 0.6) is 5.75 Å². The van der Waals surface area contributed by atoms with Gasteiger partial charge in [-0.15, -0.1) is 0 Å². The molecule has 5 heteroatoms. The maximum absolute atomic E-state index is 10.2. The van der Waals surface area contributed by atoms with Crippen LogP contribution in [0.15, 0.2) is 18.2 Å². The lowest BCUT2D eigenvalue weighted by atomic mass is 10.3. The molecule has 1 aromatic rings. The van der Waals surface area contributed by atoms with Crippen molar-refractivity contribution in [2.75, 3.05) is 6.61 Å². The van der Waals surface area contributed by atoms with Crippen LogP contribution in [0.2, 0.25) is 10.0 Å². The molecule has 1 N–H and O–H groups in total. The summed E-state index contributed by atoms with van der Waals surface area (Å²) in [6.45, 7) is 0.287. The molecule has 0 aromatic heterocycles. The van der Waals surface area contributed by atoms with Crippen LogP contribution >= 0.6 is 23.2 Å². The van der Waals surface area contributed by atoms with Crippen LogP contribution in [0, 0.1) is 0 Å². The van der Waals surface area contributed by atoms with Crippen LogP contribution in [-0.2, 0) is 4.79 Å². The number of carboxylic acids is 1. The minimum absolute atomic E-state index is 0.0715. The standard InChI is InChI=1S/C10H10Cl2O3/c11-7-3-1-4-8(12)10(7)15-6-2-5-9(13)14/h1,3-4H,2,5-6H2,(H,13,14). The summed E-state index contributed by atoms with van der Waals surface area (Å²) in [5, 5.41) is 9.27. The molecule has 0 amide bonds. The first-order chi connectivity index (χ1) is 7.11. The van der Waals surface area contributed by atoms with Crippen LogP contribution in [-0.4, -0.2) is 17.7 Å². The van der Waals surface area contributed by atoms with Gasteiger partial charge in [-0.25, -0.2) is 0 Å². The molecular weight excluding hydrogens is 239 g/mol. The Kier molecular flexibility index (Phi) is 4.72. The van der Waals surface area contributed by atoms with Gasteiger partial charge in [-0.3, -0.25) is 4.79 Å². The molecule has 0 bridgehead atoms. The number of carbonyl (C=O) groups is 1. The molecule has 0 unspecified atom stereocenters. The Hall–Kier alpha value is -0.930. The maximum atomic E-state index is 10.2. The molecule has 0 saturated carbocycles. The first-order valence-corrected chi connectivity index (χ1v) is 5.15. The second-order valence-electron chi connectivity index (χ2n) is 2.90. The van der Waals surface area contributed by atoms with Crippen molar-refractivity contribution in [2.24, 2.45) is 0 Å². The van der Waals surface area contributed by atoms with E-state index in [0.29, 0.717) is 22.2 Å². The van der Waals surface area contributed by atoms with Gasteiger partial charge in [0.1, 0.15) is 0 Å². The van der Waals surface area contributed by atoms with Crippen LogP contribution in [0.25, 0.3) is 0 Å². The van der Waals surface area contributed by atoms with E-state index in [0.717, 1.165) is 0 Å². The number of hydrogen-bond donors (Lipinski definition) is 1. The lowest BCUT2D eigenvalue weighted by Gasteiger charge is -2.08. The zero-order chi connectivity index (χ0) is 11.3. The number of ether oxygens (including phenoxy) is 1. The summed E-state index contributed by atoms with van der Waals surface area (Å²) in [4.78, 5) is 10.2. The van der Waals surface area contributed by atoms with Crippen molar-refractivity contribution in [3.05, 3.63) is 28.2 Å². The first-order valence-electron chi connectivity index (χ1n) is 4.40. The Morgan fingerprint density at radius 1 is 1.33 bits per heavy atom. The van der Waals surface area contributed by atoms with Gasteiger partial charge in [0.2, 0.25) is 0 Å². The summed E-state index contributed by atoms with van der Waals surface area (Å²) in [5.41, 5.74) is 0. The molecule has 3 nitrogen and oxygen atoms in total. The van der Waals surface area contributed by atoms with Gasteiger partial charge in [0, 0.05) is 6.42 Å². The number of aliphatic carboxylic acids is 1. The topological polar surface area (TPSA) is 46.5 Å². The highest BCUT2D eigenvalue weighted by atomic mass is 35.5. The van der Waals surface area contributed by atoms with Crippen molar-refractivity contribution < 1.29 is 14.6 Å². The van der Waals surface area contributed by atoms with E-state index >= 15 is 0 Å². The highest BCUT2D eigenvalue weighted by molar-refractivity contribution is 6.37. The SMILES string of the molecule is O=C(O)CCCOc1c(Cl)cccc1Cl. The van der Waals surface area contributed by atoms with E-state index in [4.69, 9.17) is 33.0 Å². The molecule has 1 rings (SSSR count). The summed E-state index contributed by atoms with van der Waals surface area (Å²) in [7, 11) is 0. The van der Waals surface area contributed by atoms with Gasteiger partial charge in [-0.2, -0.15) is 0 Å². The zero-order valence-electron chi connectivity index (χ0n) is 7.87. The van der Waals surface area contributed by atoms with Gasteiger partial charge in [-0.1, -0.05) is 29.3 Å². The first kappa shape index (κ1) is 12.1. The van der Waals surface area contributed by atoms with Crippen molar-refractivity contribution in [3.8, 4) is 5.75 Å². The summed E-state index contributed by atoms with van der Waals surface area (Å²) >= 11 is 11.7. The van der Waals surface area contributed by atoms with Gasteiger partial charge >= 0.3 is 5.97 Å². The lowest BCUT2D eigenvalue weighted by molar-refractivity contribution is -0.137. The summed E-state index contributed by atoms with van der Waals surface area (Å²) in [6, 6.07) is 5.05. The van der Waals surface area contributed by atoms with Crippen molar-refractivity contribution in [1.29, 1.82) is 0 Å². The second kappa shape index (κ2) is 5.83. The Morgan fingerprint density at radius 2 is 1.93 bits per heavy atom. The monoisotopic (exact) mass is 248 g/mol. The Bertz CT molecular complexity index is 332. The maximum Gasteiger partial charge on any atom is 0.303 e. The summed E-state index contributed by atoms with van der Waals surface area (Å²) in [6.07, 6.45) is 0.499. The molecule has 0 saturated heterocycles. The average Bonchev–Trinajstić information content (AvgIpc) is 2.15. The summed E-state index contributed by atoms with van der Waals surface area (Å²) in [5.74, 6) is -0.435. The van der Waals surface area contributed by atoms with Crippen molar-refractivity contribution >= 4 is 29.2 Å². The summed E-state index contributed by atoms with van der Waals surface area (Å²) < 4.78 is 5.29. The van der Waals surface area contributed by atoms with Crippen molar-refractivity contribution in [3.63, 3.8) is 0 Å². The zero-order valence-corrected chi connectivity index (χ0v) is 9.38. The van der Waals surface area contributed by atoms with E-state index in [1.807, 2.05) is 0 Å². The third-order valence-corrected chi connectivity index (χ3v) is 2.30. The Balaban J connectivity index is 2.47. The van der Waals surface area contributed by atoms with Crippen molar-refractivity contribution in [1.82, 2.24) is 0 Å². The number of halogens is 2. The second-order valence-corrected chi connectivity index (χ2v) is 3.71. The number of para-hydroxylation sites is 1. The normalized spacial score (nSPS) is 10.0. The quantitative estimate of drug-likeness (QED) is 0.815. The molecular formula is C10H10Cl2O3. The van der Waals surface area contributed by atoms with Crippen LogP contribution in [0.4, 0.5) is 0 Å². The average molecular weight is 249 g/mol. The van der Waals surface area contributed by atoms with E-state index in [9.17, 15) is 4.79 Å². The Morgan fingerprint density at radius 3 is 2.47 bits per heavy atom. The molecule has 0 atom stereocenters. The third kappa shape index (κ3) is 3.98. The van der Waals surface area contributed by atoms with E-state index < -0.39 is 5.97 Å². The molecule has 0 radical (unpaired) electrons. The van der Waals surface area contributed by atoms with Gasteiger partial charge < -0.3 is 9.84 Å². The van der Waals surface area contributed by atoms with Crippen LogP contribution in [0.3, 0.4) is 0 Å². The molecule has 0 heterocycles. The molecule has 0 aliphatic carbocycles. The number of benzene rings is 1. The number of carboxylic acid groups (broad SMARTS) is 1. The minimum Gasteiger partial charge on any atom is -0.490 e. The molecule has 0 aliphatic rings. The number of hydrogen-bond acceptors (Lipinski definition) is 2. The van der Waals surface area contributed by atoms with Gasteiger partial charge in [-0.05, 0) is 18.6 Å². The predicted molar refractivity (Wildman–Crippen MR) is 58.8 cm³/mol. The highest BCUT2D eigenvalue weighted by Crippen LogP contribution is 2.32. The Labute approximate surface area is 97.6 Å². The highest BCUT2D eigenvalue weighted by Gasteiger charge is 2.06. The van der Waals surface area contributed by atoms with E-state index in [-0.39, 0.29) is 13.0 Å². The van der Waals surface area contributed by atoms with E-state index in [2.05, 4.69) is 0 Å². The van der Waals surface area contributed by atoms with Crippen LogP contribution < -0.4 is 4.74 Å². The fourth-order valence-electron chi connectivity index (χ4n) is 1.02. The minimum atomic E-state index is -0.844. The van der Waals surface area contributed by atoms with Gasteiger partial charge in [0.15, 0.2) is 5.75 Å². The fraction of sp³-hybridized carbons (Fsp3) is 0.300. The fourth-order valence-corrected chi connectivity index (χ4v) is 1.52. The van der Waals surface area contributed by atoms with Crippen LogP contribution in [0.1, 0.15) is 12.8 Å². The molecule has 0 fully saturated rings. The van der Waals surface area contributed by atoms with Crippen molar-refractivity contribution in [2.45, 2.75) is 12.8 Å². The third-order valence-electron chi connectivity index (χ3n) is 1.70. The van der Waals surface area contributed by atoms with Gasteiger partial charge in [0.25, 0.3) is 0 Å². The molecule has 0 aliphatic heterocycles. The molecule has 1 aromatic carbocycles. The lowest BCUT2D eigenvalue weighted by Crippen LogP contribution is -2.02. The van der Waals surface area contributed by atoms with E-state index in [1.54, 1.807) is 18.2 Å². The molecule has 15 heavy (non-hydrogen) atoms. The molecule has 0 spiro atoms. The van der Waals surface area contributed by atoms with E-state index in [1.165, 1.54) is 0 Å². The number of rotatable bonds is 5.